The van der Waals surface area contributed by atoms with E-state index in [-0.39, 0.29) is 5.75 Å². The maximum atomic E-state index is 12.3. The number of terminal acetylenes is 1. The smallest absolute Gasteiger partial charge is 0.387 e. The highest BCUT2D eigenvalue weighted by Crippen LogP contribution is 2.21. The van der Waals surface area contributed by atoms with Gasteiger partial charge in [0.15, 0.2) is 5.96 Å². The molecule has 0 aromatic heterocycles. The summed E-state index contributed by atoms with van der Waals surface area (Å²) in [7, 11) is 1.60. The fourth-order valence-electron chi connectivity index (χ4n) is 1.59. The van der Waals surface area contributed by atoms with Gasteiger partial charge in [-0.25, -0.2) is 0 Å². The Morgan fingerprint density at radius 3 is 2.80 bits per heavy atom. The van der Waals surface area contributed by atoms with Gasteiger partial charge in [-0.3, -0.25) is 4.99 Å². The third-order valence-corrected chi connectivity index (χ3v) is 2.46. The number of aliphatic imine (C=N–C) groups is 1. The molecule has 0 fully saturated rings. The second-order valence-corrected chi connectivity index (χ2v) is 3.97. The van der Waals surface area contributed by atoms with E-state index in [0.717, 1.165) is 5.56 Å². The van der Waals surface area contributed by atoms with Gasteiger partial charge in [0, 0.05) is 19.2 Å². The molecule has 0 aliphatic rings. The van der Waals surface area contributed by atoms with E-state index < -0.39 is 6.61 Å². The van der Waals surface area contributed by atoms with E-state index in [0.29, 0.717) is 24.6 Å². The van der Waals surface area contributed by atoms with E-state index in [4.69, 9.17) is 6.42 Å². The number of aryl methyl sites for hydroxylation is 1. The third kappa shape index (κ3) is 5.14. The van der Waals surface area contributed by atoms with Gasteiger partial charge >= 0.3 is 6.61 Å². The molecule has 20 heavy (non-hydrogen) atoms. The second kappa shape index (κ2) is 8.00. The van der Waals surface area contributed by atoms with E-state index >= 15 is 0 Å². The van der Waals surface area contributed by atoms with Crippen molar-refractivity contribution in [3.05, 3.63) is 29.3 Å². The number of nitrogens with zero attached hydrogens (tertiary/aromatic N) is 1. The average molecular weight is 281 g/mol. The van der Waals surface area contributed by atoms with Crippen LogP contribution in [0.4, 0.5) is 8.78 Å². The minimum atomic E-state index is -2.85. The highest BCUT2D eigenvalue weighted by molar-refractivity contribution is 5.79. The molecule has 0 heterocycles. The van der Waals surface area contributed by atoms with Crippen molar-refractivity contribution >= 4 is 5.96 Å². The summed E-state index contributed by atoms with van der Waals surface area (Å²) in [5.74, 6) is 3.06. The van der Waals surface area contributed by atoms with Crippen LogP contribution in [0.25, 0.3) is 0 Å². The van der Waals surface area contributed by atoms with Crippen molar-refractivity contribution in [1.82, 2.24) is 10.6 Å². The summed E-state index contributed by atoms with van der Waals surface area (Å²) in [6.45, 7) is -0.349. The SMILES string of the molecule is C#CCNC(=NC)NCc1cc(C)ccc1OC(F)F. The number of nitrogens with one attached hydrogen (secondary N) is 2. The molecule has 0 spiro atoms. The van der Waals surface area contributed by atoms with Crippen LogP contribution in [0, 0.1) is 19.3 Å². The number of alkyl halides is 2. The van der Waals surface area contributed by atoms with Crippen LogP contribution in [0.5, 0.6) is 5.75 Å². The predicted molar refractivity (Wildman–Crippen MR) is 74.8 cm³/mol. The van der Waals surface area contributed by atoms with Crippen LogP contribution in [-0.2, 0) is 6.54 Å². The van der Waals surface area contributed by atoms with Gasteiger partial charge in [0.2, 0.25) is 0 Å². The zero-order valence-electron chi connectivity index (χ0n) is 11.4. The van der Waals surface area contributed by atoms with Crippen LogP contribution < -0.4 is 15.4 Å². The van der Waals surface area contributed by atoms with E-state index in [9.17, 15) is 8.78 Å². The van der Waals surface area contributed by atoms with Crippen molar-refractivity contribution < 1.29 is 13.5 Å². The first-order chi connectivity index (χ1) is 9.56. The zero-order valence-corrected chi connectivity index (χ0v) is 11.4. The van der Waals surface area contributed by atoms with Crippen molar-refractivity contribution in [2.45, 2.75) is 20.1 Å². The molecule has 0 aliphatic carbocycles. The summed E-state index contributed by atoms with van der Waals surface area (Å²) in [6, 6.07) is 5.02. The Kier molecular flexibility index (Phi) is 6.30. The second-order valence-electron chi connectivity index (χ2n) is 3.97. The summed E-state index contributed by atoms with van der Waals surface area (Å²) in [4.78, 5) is 3.96. The molecule has 0 bridgehead atoms. The summed E-state index contributed by atoms with van der Waals surface area (Å²) in [6.07, 6.45) is 5.14. The molecule has 108 valence electrons. The monoisotopic (exact) mass is 281 g/mol. The van der Waals surface area contributed by atoms with Gasteiger partial charge in [-0.05, 0) is 13.0 Å². The van der Waals surface area contributed by atoms with Gasteiger partial charge < -0.3 is 15.4 Å². The van der Waals surface area contributed by atoms with E-state index in [1.807, 2.05) is 6.92 Å². The molecule has 1 aromatic rings. The van der Waals surface area contributed by atoms with Crippen LogP contribution in [0.2, 0.25) is 0 Å². The lowest BCUT2D eigenvalue weighted by molar-refractivity contribution is -0.0504. The standard InChI is InChI=1S/C14H17F2N3O/c1-4-7-18-14(17-3)19-9-11-8-10(2)5-6-12(11)20-13(15)16/h1,5-6,8,13H,7,9H2,2-3H3,(H2,17,18,19). The topological polar surface area (TPSA) is 45.7 Å². The Morgan fingerprint density at radius 1 is 1.45 bits per heavy atom. The van der Waals surface area contributed by atoms with Crippen LogP contribution in [-0.4, -0.2) is 26.2 Å². The first-order valence-corrected chi connectivity index (χ1v) is 5.99. The van der Waals surface area contributed by atoms with Gasteiger partial charge in [0.1, 0.15) is 5.75 Å². The number of ether oxygens (including phenoxy) is 1. The van der Waals surface area contributed by atoms with Gasteiger partial charge in [-0.2, -0.15) is 8.78 Å². The first-order valence-electron chi connectivity index (χ1n) is 5.99. The predicted octanol–water partition coefficient (Wildman–Crippen LogP) is 1.89. The Hall–Kier alpha value is -2.29. The van der Waals surface area contributed by atoms with Crippen molar-refractivity contribution in [2.75, 3.05) is 13.6 Å². The number of benzene rings is 1. The first kappa shape index (κ1) is 15.8. The molecular weight excluding hydrogens is 264 g/mol. The molecule has 0 amide bonds. The molecule has 0 saturated heterocycles. The summed E-state index contributed by atoms with van der Waals surface area (Å²) >= 11 is 0. The van der Waals surface area contributed by atoms with E-state index in [1.165, 1.54) is 6.07 Å². The molecule has 6 heteroatoms. The molecule has 1 rings (SSSR count). The number of hydrogen-bond donors (Lipinski definition) is 2. The van der Waals surface area contributed by atoms with Crippen molar-refractivity contribution in [1.29, 1.82) is 0 Å². The lowest BCUT2D eigenvalue weighted by atomic mass is 10.1. The normalized spacial score (nSPS) is 11.1. The molecule has 0 unspecified atom stereocenters. The van der Waals surface area contributed by atoms with E-state index in [2.05, 4.69) is 26.3 Å². The van der Waals surface area contributed by atoms with Gasteiger partial charge in [0.25, 0.3) is 0 Å². The molecule has 2 N–H and O–H groups in total. The third-order valence-electron chi connectivity index (χ3n) is 2.46. The Morgan fingerprint density at radius 2 is 2.20 bits per heavy atom. The summed E-state index contributed by atoms with van der Waals surface area (Å²) < 4.78 is 29.1. The largest absolute Gasteiger partial charge is 0.434 e. The molecular formula is C14H17F2N3O. The minimum Gasteiger partial charge on any atom is -0.434 e. The van der Waals surface area contributed by atoms with Crippen LogP contribution in [0.15, 0.2) is 23.2 Å². The molecule has 0 radical (unpaired) electrons. The van der Waals surface area contributed by atoms with Crippen molar-refractivity contribution in [2.24, 2.45) is 4.99 Å². The maximum Gasteiger partial charge on any atom is 0.387 e. The lowest BCUT2D eigenvalue weighted by Gasteiger charge is -2.14. The highest BCUT2D eigenvalue weighted by Gasteiger charge is 2.10. The van der Waals surface area contributed by atoms with Gasteiger partial charge in [-0.15, -0.1) is 6.42 Å². The summed E-state index contributed by atoms with van der Waals surface area (Å²) in [5, 5.41) is 5.86. The molecule has 0 saturated carbocycles. The van der Waals surface area contributed by atoms with Crippen molar-refractivity contribution in [3.8, 4) is 18.1 Å². The molecule has 0 aliphatic heterocycles. The van der Waals surface area contributed by atoms with Gasteiger partial charge in [-0.1, -0.05) is 23.6 Å². The fourth-order valence-corrected chi connectivity index (χ4v) is 1.59. The minimum absolute atomic E-state index is 0.144. The van der Waals surface area contributed by atoms with Crippen LogP contribution in [0.1, 0.15) is 11.1 Å². The lowest BCUT2D eigenvalue weighted by Crippen LogP contribution is -2.37. The number of hydrogen-bond acceptors (Lipinski definition) is 2. The average Bonchev–Trinajstić information content (AvgIpc) is 2.41. The Bertz CT molecular complexity index is 510. The van der Waals surface area contributed by atoms with Crippen LogP contribution >= 0.6 is 0 Å². The quantitative estimate of drug-likeness (QED) is 0.492. The van der Waals surface area contributed by atoms with Crippen molar-refractivity contribution in [3.63, 3.8) is 0 Å². The van der Waals surface area contributed by atoms with Crippen LogP contribution in [0.3, 0.4) is 0 Å². The van der Waals surface area contributed by atoms with E-state index in [1.54, 1.807) is 19.2 Å². The maximum absolute atomic E-state index is 12.3. The molecule has 1 aromatic carbocycles. The number of rotatable bonds is 5. The highest BCUT2D eigenvalue weighted by atomic mass is 19.3. The zero-order chi connectivity index (χ0) is 15.0. The Balaban J connectivity index is 2.75. The molecule has 4 nitrogen and oxygen atoms in total. The summed E-state index contributed by atoms with van der Waals surface area (Å²) in [5.41, 5.74) is 1.57. The van der Waals surface area contributed by atoms with Gasteiger partial charge in [0.05, 0.1) is 6.54 Å². The molecule has 0 atom stereocenters. The number of guanidine groups is 1. The number of halogens is 2. The Labute approximate surface area is 117 Å². The fraction of sp³-hybridized carbons (Fsp3) is 0.357.